The second kappa shape index (κ2) is 11.2. The van der Waals surface area contributed by atoms with Crippen molar-refractivity contribution in [3.8, 4) is 33.9 Å². The van der Waals surface area contributed by atoms with E-state index in [2.05, 4.69) is 67.4 Å². The van der Waals surface area contributed by atoms with Gasteiger partial charge < -0.3 is 9.30 Å². The third kappa shape index (κ3) is 5.22. The van der Waals surface area contributed by atoms with Crippen LogP contribution in [0.3, 0.4) is 0 Å². The molecular formula is C29H29N7O2. The van der Waals surface area contributed by atoms with Crippen LogP contribution in [0.5, 0.6) is 0 Å². The summed E-state index contributed by atoms with van der Waals surface area (Å²) < 4.78 is 7.14. The molecule has 0 saturated heterocycles. The summed E-state index contributed by atoms with van der Waals surface area (Å²) in [6.45, 7) is 4.72. The first kappa shape index (κ1) is 25.0. The van der Waals surface area contributed by atoms with E-state index in [0.717, 1.165) is 53.0 Å². The molecule has 0 unspecified atom stereocenters. The number of hydrogen-bond acceptors (Lipinski definition) is 7. The molecule has 9 heteroatoms. The predicted molar refractivity (Wildman–Crippen MR) is 144 cm³/mol. The number of H-pyrrole nitrogens is 1. The van der Waals surface area contributed by atoms with E-state index in [9.17, 15) is 4.79 Å². The normalized spacial score (nSPS) is 11.0. The Balaban J connectivity index is 1.46. The van der Waals surface area contributed by atoms with E-state index in [0.29, 0.717) is 29.3 Å². The van der Waals surface area contributed by atoms with Gasteiger partial charge in [0.2, 0.25) is 5.82 Å². The second-order valence-corrected chi connectivity index (χ2v) is 9.09. The van der Waals surface area contributed by atoms with Gasteiger partial charge in [-0.15, -0.1) is 10.2 Å². The van der Waals surface area contributed by atoms with Gasteiger partial charge in [-0.3, -0.25) is 4.98 Å². The highest BCUT2D eigenvalue weighted by Crippen LogP contribution is 2.30. The van der Waals surface area contributed by atoms with Crippen LogP contribution in [0.2, 0.25) is 0 Å². The van der Waals surface area contributed by atoms with Crippen LogP contribution in [0.25, 0.3) is 33.9 Å². The smallest absolute Gasteiger partial charge is 0.340 e. The number of tetrazole rings is 1. The zero-order valence-corrected chi connectivity index (χ0v) is 21.7. The van der Waals surface area contributed by atoms with Crippen molar-refractivity contribution in [2.24, 2.45) is 0 Å². The summed E-state index contributed by atoms with van der Waals surface area (Å²) in [5.74, 6) is 1.11. The van der Waals surface area contributed by atoms with E-state index in [1.54, 1.807) is 6.07 Å². The van der Waals surface area contributed by atoms with E-state index < -0.39 is 5.97 Å². The van der Waals surface area contributed by atoms with Crippen LogP contribution >= 0.6 is 0 Å². The van der Waals surface area contributed by atoms with E-state index >= 15 is 0 Å². The van der Waals surface area contributed by atoms with Gasteiger partial charge in [-0.25, -0.2) is 9.78 Å². The Bertz CT molecular complexity index is 1540. The first-order valence-corrected chi connectivity index (χ1v) is 12.6. The first-order valence-electron chi connectivity index (χ1n) is 12.6. The van der Waals surface area contributed by atoms with E-state index in [-0.39, 0.29) is 0 Å². The van der Waals surface area contributed by atoms with Crippen LogP contribution in [-0.2, 0) is 17.7 Å². The standard InChI is InChI=1S/C29H29N7O2/c1-4-5-10-26-31-25(27-24(29(37)38-3)16-11-19(2)30-27)18-36(26)17-20-12-14-21(15-13-20)22-8-6-7-9-23(22)28-32-34-35-33-28/h6-9,11-16,18H,4-5,10,17H2,1-3H3,(H,32,33,34,35). The number of rotatable bonds is 9. The molecule has 0 saturated carbocycles. The Morgan fingerprint density at radius 2 is 1.79 bits per heavy atom. The molecule has 5 rings (SSSR count). The number of pyridine rings is 1. The minimum Gasteiger partial charge on any atom is -0.465 e. The number of unbranched alkanes of at least 4 members (excludes halogenated alkanes) is 1. The summed E-state index contributed by atoms with van der Waals surface area (Å²) in [5, 5.41) is 14.5. The molecule has 0 aliphatic heterocycles. The average Bonchev–Trinajstić information content (AvgIpc) is 3.62. The maximum atomic E-state index is 12.4. The summed E-state index contributed by atoms with van der Waals surface area (Å²) in [4.78, 5) is 22.0. The Kier molecular flexibility index (Phi) is 7.35. The lowest BCUT2D eigenvalue weighted by Gasteiger charge is -2.10. The second-order valence-electron chi connectivity index (χ2n) is 9.09. The molecule has 0 radical (unpaired) electrons. The largest absolute Gasteiger partial charge is 0.465 e. The molecule has 9 nitrogen and oxygen atoms in total. The van der Waals surface area contributed by atoms with Gasteiger partial charge in [0.15, 0.2) is 0 Å². The number of nitrogens with one attached hydrogen (secondary N) is 1. The number of aromatic amines is 1. The monoisotopic (exact) mass is 507 g/mol. The minimum atomic E-state index is -0.422. The molecule has 192 valence electrons. The minimum absolute atomic E-state index is 0.411. The SMILES string of the molecule is CCCCc1nc(-c2nc(C)ccc2C(=O)OC)cn1Cc1ccc(-c2ccccc2-c2nn[nH]n2)cc1. The van der Waals surface area contributed by atoms with Crippen LogP contribution in [0.4, 0.5) is 0 Å². The fraction of sp³-hybridized carbons (Fsp3) is 0.241. The number of nitrogens with zero attached hydrogens (tertiary/aromatic N) is 6. The van der Waals surface area contributed by atoms with E-state index in [4.69, 9.17) is 9.72 Å². The van der Waals surface area contributed by atoms with Gasteiger partial charge in [-0.2, -0.15) is 5.21 Å². The third-order valence-corrected chi connectivity index (χ3v) is 6.43. The number of carbonyl (C=O) groups is 1. The summed E-state index contributed by atoms with van der Waals surface area (Å²) in [6, 6.07) is 20.0. The van der Waals surface area contributed by atoms with Crippen molar-refractivity contribution in [1.82, 2.24) is 35.2 Å². The number of benzene rings is 2. The number of ether oxygens (including phenoxy) is 1. The molecule has 0 spiro atoms. The average molecular weight is 508 g/mol. The quantitative estimate of drug-likeness (QED) is 0.270. The number of aromatic nitrogens is 7. The molecule has 0 aliphatic rings. The number of aryl methyl sites for hydroxylation is 2. The predicted octanol–water partition coefficient (Wildman–Crippen LogP) is 5.28. The van der Waals surface area contributed by atoms with Crippen molar-refractivity contribution >= 4 is 5.97 Å². The molecule has 38 heavy (non-hydrogen) atoms. The molecule has 0 atom stereocenters. The Morgan fingerprint density at radius 3 is 2.50 bits per heavy atom. The van der Waals surface area contributed by atoms with E-state index in [1.165, 1.54) is 7.11 Å². The van der Waals surface area contributed by atoms with Gasteiger partial charge >= 0.3 is 5.97 Å². The molecule has 3 heterocycles. The fourth-order valence-corrected chi connectivity index (χ4v) is 4.46. The summed E-state index contributed by atoms with van der Waals surface area (Å²) in [7, 11) is 1.38. The molecule has 3 aromatic heterocycles. The maximum Gasteiger partial charge on any atom is 0.340 e. The van der Waals surface area contributed by atoms with Crippen molar-refractivity contribution in [1.29, 1.82) is 0 Å². The number of methoxy groups -OCH3 is 1. The highest BCUT2D eigenvalue weighted by Gasteiger charge is 2.19. The van der Waals surface area contributed by atoms with E-state index in [1.807, 2.05) is 37.4 Å². The molecule has 0 bridgehead atoms. The number of carbonyl (C=O) groups excluding carboxylic acids is 1. The molecule has 5 aromatic rings. The zero-order chi connectivity index (χ0) is 26.5. The van der Waals surface area contributed by atoms with Crippen LogP contribution < -0.4 is 0 Å². The van der Waals surface area contributed by atoms with Crippen LogP contribution in [-0.4, -0.2) is 48.2 Å². The van der Waals surface area contributed by atoms with Gasteiger partial charge in [0.25, 0.3) is 0 Å². The van der Waals surface area contributed by atoms with Gasteiger partial charge in [0.05, 0.1) is 12.7 Å². The molecule has 0 fully saturated rings. The van der Waals surface area contributed by atoms with Crippen molar-refractivity contribution in [2.45, 2.75) is 39.7 Å². The number of hydrogen-bond donors (Lipinski definition) is 1. The van der Waals surface area contributed by atoms with Gasteiger partial charge in [-0.1, -0.05) is 61.9 Å². The molecule has 0 amide bonds. The van der Waals surface area contributed by atoms with Crippen molar-refractivity contribution in [3.63, 3.8) is 0 Å². The number of esters is 1. The van der Waals surface area contributed by atoms with Crippen LogP contribution in [0.15, 0.2) is 66.9 Å². The summed E-state index contributed by atoms with van der Waals surface area (Å²) >= 11 is 0. The van der Waals surface area contributed by atoms with Gasteiger partial charge in [0.1, 0.15) is 17.2 Å². The summed E-state index contributed by atoms with van der Waals surface area (Å²) in [6.07, 6.45) is 4.91. The van der Waals surface area contributed by atoms with Crippen LogP contribution in [0, 0.1) is 6.92 Å². The molecule has 2 aromatic carbocycles. The lowest BCUT2D eigenvalue weighted by molar-refractivity contribution is 0.0601. The molecule has 1 N–H and O–H groups in total. The maximum absolute atomic E-state index is 12.4. The van der Waals surface area contributed by atoms with Crippen molar-refractivity contribution in [3.05, 3.63) is 89.5 Å². The first-order chi connectivity index (χ1) is 18.6. The molecular weight excluding hydrogens is 478 g/mol. The Labute approximate surface area is 220 Å². The van der Waals surface area contributed by atoms with Crippen LogP contribution in [0.1, 0.15) is 47.2 Å². The lowest BCUT2D eigenvalue weighted by Crippen LogP contribution is -2.06. The third-order valence-electron chi connectivity index (χ3n) is 6.43. The summed E-state index contributed by atoms with van der Waals surface area (Å²) in [5.41, 5.74) is 6.60. The topological polar surface area (TPSA) is 111 Å². The van der Waals surface area contributed by atoms with Crippen molar-refractivity contribution < 1.29 is 9.53 Å². The zero-order valence-electron chi connectivity index (χ0n) is 21.7. The highest BCUT2D eigenvalue weighted by molar-refractivity contribution is 5.95. The van der Waals surface area contributed by atoms with Crippen molar-refractivity contribution in [2.75, 3.05) is 7.11 Å². The fourth-order valence-electron chi connectivity index (χ4n) is 4.46. The lowest BCUT2D eigenvalue weighted by atomic mass is 9.98. The Morgan fingerprint density at radius 1 is 1.00 bits per heavy atom. The molecule has 0 aliphatic carbocycles. The van der Waals surface area contributed by atoms with Gasteiger partial charge in [-0.05, 0) is 47.4 Å². The van der Waals surface area contributed by atoms with Gasteiger partial charge in [0, 0.05) is 30.4 Å². The Hall–Kier alpha value is -4.66. The highest BCUT2D eigenvalue weighted by atomic mass is 16.5. The number of imidazole rings is 1.